The van der Waals surface area contributed by atoms with Crippen LogP contribution in [-0.2, 0) is 10.0 Å². The Kier molecular flexibility index (Phi) is 4.84. The van der Waals surface area contributed by atoms with Gasteiger partial charge < -0.3 is 10.8 Å². The number of benzene rings is 1. The van der Waals surface area contributed by atoms with E-state index in [1.807, 2.05) is 0 Å². The van der Waals surface area contributed by atoms with E-state index in [4.69, 9.17) is 17.3 Å². The van der Waals surface area contributed by atoms with E-state index < -0.39 is 15.6 Å². The average molecular weight is 307 g/mol. The molecular weight excluding hydrogens is 288 g/mol. The number of aryl methyl sites for hydroxylation is 1. The Morgan fingerprint density at radius 1 is 1.47 bits per heavy atom. The van der Waals surface area contributed by atoms with E-state index in [1.165, 1.54) is 12.1 Å². The van der Waals surface area contributed by atoms with Crippen LogP contribution < -0.4 is 10.5 Å². The van der Waals surface area contributed by atoms with Crippen molar-refractivity contribution < 1.29 is 13.5 Å². The second-order valence-corrected chi connectivity index (χ2v) is 6.88. The molecule has 0 radical (unpaired) electrons. The number of hydrogen-bond donors (Lipinski definition) is 3. The monoisotopic (exact) mass is 306 g/mol. The van der Waals surface area contributed by atoms with E-state index in [1.54, 1.807) is 20.8 Å². The first kappa shape index (κ1) is 16.2. The van der Waals surface area contributed by atoms with Crippen LogP contribution >= 0.6 is 11.6 Å². The second-order valence-electron chi connectivity index (χ2n) is 4.82. The fourth-order valence-corrected chi connectivity index (χ4v) is 3.22. The van der Waals surface area contributed by atoms with Gasteiger partial charge in [0.15, 0.2) is 0 Å². The molecule has 0 fully saturated rings. The van der Waals surface area contributed by atoms with Gasteiger partial charge in [0.25, 0.3) is 0 Å². The normalized spacial score (nSPS) is 15.2. The quantitative estimate of drug-likeness (QED) is 0.721. The van der Waals surface area contributed by atoms with Gasteiger partial charge in [0, 0.05) is 0 Å². The van der Waals surface area contributed by atoms with Gasteiger partial charge in [0.05, 0.1) is 27.8 Å². The van der Waals surface area contributed by atoms with Gasteiger partial charge in [0.1, 0.15) is 0 Å². The number of hydrogen-bond acceptors (Lipinski definition) is 4. The summed E-state index contributed by atoms with van der Waals surface area (Å²) in [5.74, 6) is 0. The lowest BCUT2D eigenvalue weighted by Crippen LogP contribution is -2.48. The molecule has 0 heterocycles. The van der Waals surface area contributed by atoms with Crippen molar-refractivity contribution in [1.29, 1.82) is 0 Å². The molecule has 4 N–H and O–H groups in total. The fourth-order valence-electron chi connectivity index (χ4n) is 1.52. The highest BCUT2D eigenvalue weighted by atomic mass is 35.5. The number of aliphatic hydroxyl groups is 1. The number of anilines is 1. The molecule has 0 aromatic heterocycles. The Morgan fingerprint density at radius 2 is 2.05 bits per heavy atom. The maximum Gasteiger partial charge on any atom is 0.241 e. The molecule has 0 saturated heterocycles. The third-order valence-electron chi connectivity index (χ3n) is 3.08. The summed E-state index contributed by atoms with van der Waals surface area (Å²) in [6.07, 6.45) is 0.463. The number of nitrogen functional groups attached to an aromatic ring is 1. The summed E-state index contributed by atoms with van der Waals surface area (Å²) >= 11 is 5.91. The average Bonchev–Trinajstić information content (AvgIpc) is 2.34. The predicted molar refractivity (Wildman–Crippen MR) is 76.7 cm³/mol. The Labute approximate surface area is 118 Å². The Morgan fingerprint density at radius 3 is 2.47 bits per heavy atom. The zero-order valence-electron chi connectivity index (χ0n) is 11.2. The molecule has 0 aliphatic rings. The highest BCUT2D eigenvalue weighted by Crippen LogP contribution is 2.27. The maximum absolute atomic E-state index is 12.3. The van der Waals surface area contributed by atoms with Crippen LogP contribution in [-0.4, -0.2) is 25.7 Å². The van der Waals surface area contributed by atoms with Crippen molar-refractivity contribution >= 4 is 27.3 Å². The van der Waals surface area contributed by atoms with Crippen LogP contribution in [0.1, 0.15) is 25.8 Å². The van der Waals surface area contributed by atoms with Gasteiger partial charge in [-0.25, -0.2) is 13.1 Å². The first-order valence-corrected chi connectivity index (χ1v) is 7.72. The Bertz CT molecular complexity index is 545. The van der Waals surface area contributed by atoms with Crippen LogP contribution in [0.3, 0.4) is 0 Å². The van der Waals surface area contributed by atoms with Crippen molar-refractivity contribution in [2.75, 3.05) is 12.3 Å². The third-order valence-corrected chi connectivity index (χ3v) is 5.21. The Hall–Kier alpha value is -0.820. The summed E-state index contributed by atoms with van der Waals surface area (Å²) in [4.78, 5) is 0.0417. The molecule has 1 unspecified atom stereocenters. The molecule has 0 spiro atoms. The molecule has 0 aliphatic carbocycles. The first-order valence-electron chi connectivity index (χ1n) is 5.85. The number of nitrogens with one attached hydrogen (secondary N) is 1. The molecule has 1 atom stereocenters. The summed E-state index contributed by atoms with van der Waals surface area (Å²) in [5.41, 5.74) is 5.57. The lowest BCUT2D eigenvalue weighted by molar-refractivity contribution is 0.191. The lowest BCUT2D eigenvalue weighted by Gasteiger charge is -2.27. The molecule has 0 saturated carbocycles. The van der Waals surface area contributed by atoms with Crippen molar-refractivity contribution in [3.8, 4) is 0 Å². The van der Waals surface area contributed by atoms with E-state index in [2.05, 4.69) is 4.72 Å². The second kappa shape index (κ2) is 5.66. The van der Waals surface area contributed by atoms with Crippen LogP contribution in [0.4, 0.5) is 5.69 Å². The topological polar surface area (TPSA) is 92.4 Å². The van der Waals surface area contributed by atoms with Gasteiger partial charge >= 0.3 is 0 Å². The van der Waals surface area contributed by atoms with Gasteiger partial charge in [-0.05, 0) is 38.0 Å². The number of rotatable bonds is 5. The van der Waals surface area contributed by atoms with Gasteiger partial charge in [-0.1, -0.05) is 18.5 Å². The minimum atomic E-state index is -3.75. The van der Waals surface area contributed by atoms with Gasteiger partial charge in [-0.3, -0.25) is 0 Å². The van der Waals surface area contributed by atoms with Crippen LogP contribution in [0.2, 0.25) is 5.02 Å². The zero-order chi connectivity index (χ0) is 14.8. The third kappa shape index (κ3) is 3.60. The summed E-state index contributed by atoms with van der Waals surface area (Å²) < 4.78 is 27.0. The molecule has 0 aliphatic heterocycles. The predicted octanol–water partition coefficient (Wildman–Crippen LogP) is 1.67. The minimum absolute atomic E-state index is 0.0417. The maximum atomic E-state index is 12.3. The number of aliphatic hydroxyl groups excluding tert-OH is 1. The van der Waals surface area contributed by atoms with Crippen molar-refractivity contribution in [1.82, 2.24) is 4.72 Å². The summed E-state index contributed by atoms with van der Waals surface area (Å²) in [6, 6.07) is 2.76. The number of nitrogens with two attached hydrogens (primary N) is 1. The van der Waals surface area contributed by atoms with Crippen LogP contribution in [0.15, 0.2) is 17.0 Å². The summed E-state index contributed by atoms with van der Waals surface area (Å²) in [5, 5.41) is 9.62. The van der Waals surface area contributed by atoms with Gasteiger partial charge in [-0.15, -0.1) is 0 Å². The van der Waals surface area contributed by atoms with E-state index in [0.717, 1.165) is 0 Å². The van der Waals surface area contributed by atoms with Gasteiger partial charge in [0.2, 0.25) is 10.0 Å². The Balaban J connectivity index is 3.22. The number of sulfonamides is 1. The zero-order valence-corrected chi connectivity index (χ0v) is 12.8. The lowest BCUT2D eigenvalue weighted by atomic mass is 10.0. The van der Waals surface area contributed by atoms with E-state index >= 15 is 0 Å². The molecular formula is C12H19ClN2O3S. The number of halogens is 1. The van der Waals surface area contributed by atoms with Crippen LogP contribution in [0.5, 0.6) is 0 Å². The molecule has 0 amide bonds. The molecule has 19 heavy (non-hydrogen) atoms. The van der Waals surface area contributed by atoms with Crippen LogP contribution in [0.25, 0.3) is 0 Å². The smallest absolute Gasteiger partial charge is 0.241 e. The fraction of sp³-hybridized carbons (Fsp3) is 0.500. The van der Waals surface area contributed by atoms with Crippen molar-refractivity contribution in [2.24, 2.45) is 0 Å². The van der Waals surface area contributed by atoms with Crippen molar-refractivity contribution in [3.05, 3.63) is 22.7 Å². The van der Waals surface area contributed by atoms with Crippen molar-refractivity contribution in [3.63, 3.8) is 0 Å². The standard InChI is InChI=1S/C12H19ClN2O3S/c1-4-12(3,7-16)15-19(17,18)9-5-8(2)11(13)10(14)6-9/h5-6,15-16H,4,7,14H2,1-3H3. The van der Waals surface area contributed by atoms with Crippen molar-refractivity contribution in [2.45, 2.75) is 37.6 Å². The highest BCUT2D eigenvalue weighted by molar-refractivity contribution is 7.89. The molecule has 1 aromatic rings. The van der Waals surface area contributed by atoms with E-state index in [0.29, 0.717) is 17.0 Å². The SMILES string of the molecule is CCC(C)(CO)NS(=O)(=O)c1cc(C)c(Cl)c(N)c1. The highest BCUT2D eigenvalue weighted by Gasteiger charge is 2.29. The van der Waals surface area contributed by atoms with E-state index in [-0.39, 0.29) is 17.2 Å². The largest absolute Gasteiger partial charge is 0.397 e. The molecule has 0 bridgehead atoms. The molecule has 1 aromatic carbocycles. The minimum Gasteiger partial charge on any atom is -0.397 e. The summed E-state index contributed by atoms with van der Waals surface area (Å²) in [6.45, 7) is 4.82. The molecule has 108 valence electrons. The first-order chi connectivity index (χ1) is 8.65. The van der Waals surface area contributed by atoms with Crippen LogP contribution in [0, 0.1) is 6.92 Å². The summed E-state index contributed by atoms with van der Waals surface area (Å²) in [7, 11) is -3.75. The van der Waals surface area contributed by atoms with Gasteiger partial charge in [-0.2, -0.15) is 0 Å². The van der Waals surface area contributed by atoms with E-state index in [9.17, 15) is 13.5 Å². The molecule has 1 rings (SSSR count). The molecule has 7 heteroatoms. The molecule has 5 nitrogen and oxygen atoms in total.